The zero-order valence-electron chi connectivity index (χ0n) is 10.5. The summed E-state index contributed by atoms with van der Waals surface area (Å²) in [6.45, 7) is 2.06. The Kier molecular flexibility index (Phi) is 4.48. The van der Waals surface area contributed by atoms with Gasteiger partial charge in [-0.15, -0.1) is 0 Å². The highest BCUT2D eigenvalue weighted by molar-refractivity contribution is 9.10. The summed E-state index contributed by atoms with van der Waals surface area (Å²) in [5, 5.41) is 10.2. The number of benzene rings is 1. The minimum atomic E-state index is -5.12. The first-order valence-corrected chi connectivity index (χ1v) is 6.16. The van der Waals surface area contributed by atoms with Crippen LogP contribution in [-0.4, -0.2) is 28.7 Å². The topological polar surface area (TPSA) is 66.4 Å². The van der Waals surface area contributed by atoms with Gasteiger partial charge in [-0.05, 0) is 37.6 Å². The van der Waals surface area contributed by atoms with Crippen molar-refractivity contribution in [2.75, 3.05) is 0 Å². The van der Waals surface area contributed by atoms with Crippen LogP contribution in [0.25, 0.3) is 0 Å². The van der Waals surface area contributed by atoms with Gasteiger partial charge in [0.1, 0.15) is 0 Å². The van der Waals surface area contributed by atoms with Gasteiger partial charge in [-0.3, -0.25) is 4.79 Å². The predicted molar refractivity (Wildman–Crippen MR) is 68.4 cm³/mol. The minimum Gasteiger partial charge on any atom is -0.479 e. The zero-order valence-corrected chi connectivity index (χ0v) is 12.1. The molecule has 20 heavy (non-hydrogen) atoms. The number of carboxylic acids is 1. The molecule has 0 aliphatic carbocycles. The molecule has 1 amide bonds. The third-order valence-electron chi connectivity index (χ3n) is 2.66. The van der Waals surface area contributed by atoms with Crippen LogP contribution in [-0.2, 0) is 4.79 Å². The second-order valence-electron chi connectivity index (χ2n) is 4.40. The average molecular weight is 354 g/mol. The number of aryl methyl sites for hydroxylation is 1. The van der Waals surface area contributed by atoms with E-state index in [1.54, 1.807) is 13.0 Å². The highest BCUT2D eigenvalue weighted by Gasteiger charge is 2.58. The van der Waals surface area contributed by atoms with Gasteiger partial charge in [0.2, 0.25) is 5.54 Å². The van der Waals surface area contributed by atoms with Crippen molar-refractivity contribution in [3.63, 3.8) is 0 Å². The number of carbonyl (C=O) groups is 2. The molecule has 0 fully saturated rings. The molecular weight excluding hydrogens is 343 g/mol. The summed E-state index contributed by atoms with van der Waals surface area (Å²) in [5.41, 5.74) is -2.76. The number of carboxylic acid groups (broad SMARTS) is 1. The van der Waals surface area contributed by atoms with Gasteiger partial charge in [-0.1, -0.05) is 15.9 Å². The Bertz CT molecular complexity index is 539. The molecule has 1 rings (SSSR count). The molecule has 0 heterocycles. The van der Waals surface area contributed by atoms with E-state index in [0.717, 1.165) is 0 Å². The summed E-state index contributed by atoms with van der Waals surface area (Å²) in [7, 11) is 0. The van der Waals surface area contributed by atoms with E-state index < -0.39 is 23.6 Å². The molecule has 0 saturated heterocycles. The molecule has 0 saturated carbocycles. The molecule has 1 aromatic rings. The van der Waals surface area contributed by atoms with Crippen molar-refractivity contribution in [2.24, 2.45) is 0 Å². The Labute approximate surface area is 121 Å². The molecule has 0 aromatic heterocycles. The fourth-order valence-corrected chi connectivity index (χ4v) is 2.02. The number of amides is 1. The molecule has 0 aliphatic heterocycles. The van der Waals surface area contributed by atoms with Crippen LogP contribution >= 0.6 is 15.9 Å². The van der Waals surface area contributed by atoms with Crippen LogP contribution in [0, 0.1) is 6.92 Å². The van der Waals surface area contributed by atoms with E-state index in [0.29, 0.717) is 17.0 Å². The Morgan fingerprint density at radius 1 is 1.25 bits per heavy atom. The maximum atomic E-state index is 12.8. The maximum absolute atomic E-state index is 12.8. The number of alkyl halides is 3. The Hall–Kier alpha value is -1.57. The van der Waals surface area contributed by atoms with E-state index in [-0.39, 0.29) is 5.56 Å². The van der Waals surface area contributed by atoms with E-state index in [9.17, 15) is 22.8 Å². The molecule has 1 aromatic carbocycles. The van der Waals surface area contributed by atoms with Crippen molar-refractivity contribution in [2.45, 2.75) is 25.6 Å². The molecule has 110 valence electrons. The standard InChI is InChI=1S/C12H11BrF3NO3/c1-6-3-7(5-8(13)4-6)9(18)17-11(2,10(19)20)12(14,15)16/h3-5H,1-2H3,(H,17,18)(H,19,20). The molecule has 4 nitrogen and oxygen atoms in total. The van der Waals surface area contributed by atoms with Crippen LogP contribution in [0.3, 0.4) is 0 Å². The first-order chi connectivity index (χ1) is 8.97. The van der Waals surface area contributed by atoms with Crippen LogP contribution in [0.2, 0.25) is 0 Å². The van der Waals surface area contributed by atoms with E-state index in [2.05, 4.69) is 15.9 Å². The Morgan fingerprint density at radius 2 is 1.80 bits per heavy atom. The first-order valence-electron chi connectivity index (χ1n) is 5.37. The number of hydrogen-bond donors (Lipinski definition) is 2. The van der Waals surface area contributed by atoms with Crippen LogP contribution in [0.15, 0.2) is 22.7 Å². The van der Waals surface area contributed by atoms with E-state index in [1.165, 1.54) is 17.4 Å². The quantitative estimate of drug-likeness (QED) is 0.877. The van der Waals surface area contributed by atoms with Crippen molar-refractivity contribution >= 4 is 27.8 Å². The summed E-state index contributed by atoms with van der Waals surface area (Å²) in [4.78, 5) is 22.6. The average Bonchev–Trinajstić information content (AvgIpc) is 2.25. The molecule has 0 aliphatic rings. The van der Waals surface area contributed by atoms with Gasteiger partial charge in [0.05, 0.1) is 0 Å². The van der Waals surface area contributed by atoms with Gasteiger partial charge in [-0.2, -0.15) is 13.2 Å². The Balaban J connectivity index is 3.13. The molecular formula is C12H11BrF3NO3. The lowest BCUT2D eigenvalue weighted by atomic mass is 10.0. The first kappa shape index (κ1) is 16.5. The SMILES string of the molecule is Cc1cc(Br)cc(C(=O)NC(C)(C(=O)O)C(F)(F)F)c1. The lowest BCUT2D eigenvalue weighted by molar-refractivity contribution is -0.203. The lowest BCUT2D eigenvalue weighted by Gasteiger charge is -2.28. The number of aliphatic carboxylic acids is 1. The molecule has 0 spiro atoms. The summed E-state index contributed by atoms with van der Waals surface area (Å²) in [6.07, 6.45) is -5.12. The van der Waals surface area contributed by atoms with Gasteiger partial charge < -0.3 is 10.4 Å². The monoisotopic (exact) mass is 353 g/mol. The summed E-state index contributed by atoms with van der Waals surface area (Å²) in [5.74, 6) is -3.29. The number of rotatable bonds is 3. The number of nitrogens with one attached hydrogen (secondary N) is 1. The van der Waals surface area contributed by atoms with E-state index >= 15 is 0 Å². The molecule has 8 heteroatoms. The summed E-state index contributed by atoms with van der Waals surface area (Å²) >= 11 is 3.11. The third-order valence-corrected chi connectivity index (χ3v) is 3.12. The van der Waals surface area contributed by atoms with Crippen molar-refractivity contribution < 1.29 is 27.9 Å². The van der Waals surface area contributed by atoms with Crippen molar-refractivity contribution in [3.8, 4) is 0 Å². The van der Waals surface area contributed by atoms with E-state index in [4.69, 9.17) is 5.11 Å². The van der Waals surface area contributed by atoms with Gasteiger partial charge in [0, 0.05) is 10.0 Å². The fourth-order valence-electron chi connectivity index (χ4n) is 1.41. The van der Waals surface area contributed by atoms with Crippen LogP contribution in [0.5, 0.6) is 0 Å². The van der Waals surface area contributed by atoms with Gasteiger partial charge >= 0.3 is 12.1 Å². The summed E-state index contributed by atoms with van der Waals surface area (Å²) in [6, 6.07) is 4.33. The molecule has 2 N–H and O–H groups in total. The highest BCUT2D eigenvalue weighted by Crippen LogP contribution is 2.31. The van der Waals surface area contributed by atoms with Gasteiger partial charge in [0.25, 0.3) is 5.91 Å². The van der Waals surface area contributed by atoms with Gasteiger partial charge in [0.15, 0.2) is 0 Å². The highest BCUT2D eigenvalue weighted by atomic mass is 79.9. The van der Waals surface area contributed by atoms with Crippen molar-refractivity contribution in [1.29, 1.82) is 0 Å². The smallest absolute Gasteiger partial charge is 0.422 e. The predicted octanol–water partition coefficient (Wildman–Crippen LogP) is 2.89. The zero-order chi connectivity index (χ0) is 15.7. The molecule has 1 unspecified atom stereocenters. The number of carbonyl (C=O) groups excluding carboxylic acids is 1. The fraction of sp³-hybridized carbons (Fsp3) is 0.333. The number of hydrogen-bond acceptors (Lipinski definition) is 2. The van der Waals surface area contributed by atoms with Crippen LogP contribution in [0.4, 0.5) is 13.2 Å². The largest absolute Gasteiger partial charge is 0.479 e. The molecule has 1 atom stereocenters. The Morgan fingerprint density at radius 3 is 2.20 bits per heavy atom. The molecule has 0 bridgehead atoms. The van der Waals surface area contributed by atoms with Crippen molar-refractivity contribution in [3.05, 3.63) is 33.8 Å². The molecule has 0 radical (unpaired) electrons. The minimum absolute atomic E-state index is 0.0615. The summed E-state index contributed by atoms with van der Waals surface area (Å²) < 4.78 is 38.9. The van der Waals surface area contributed by atoms with Gasteiger partial charge in [-0.25, -0.2) is 4.79 Å². The van der Waals surface area contributed by atoms with Crippen LogP contribution in [0.1, 0.15) is 22.8 Å². The maximum Gasteiger partial charge on any atom is 0.422 e. The van der Waals surface area contributed by atoms with E-state index in [1.807, 2.05) is 0 Å². The third kappa shape index (κ3) is 3.30. The number of halogens is 4. The lowest BCUT2D eigenvalue weighted by Crippen LogP contribution is -2.61. The van der Waals surface area contributed by atoms with Crippen LogP contribution < -0.4 is 5.32 Å². The van der Waals surface area contributed by atoms with Crippen molar-refractivity contribution in [1.82, 2.24) is 5.32 Å². The normalized spacial score (nSPS) is 14.5. The second kappa shape index (κ2) is 5.43. The second-order valence-corrected chi connectivity index (χ2v) is 5.31.